The SMILES string of the molecule is C1=Cc2ccc3ccc(-c4ccc(C5=CC6C(C=C5)c5c(cc7ccccc7c5-c5ccccc5)C6(c5ccccc5)c5ccccc5)cc4)nc3c2NC1. The Labute approximate surface area is 321 Å². The lowest BCUT2D eigenvalue weighted by Crippen LogP contribution is -2.35. The van der Waals surface area contributed by atoms with Gasteiger partial charge in [0.2, 0.25) is 0 Å². The van der Waals surface area contributed by atoms with Gasteiger partial charge in [-0.3, -0.25) is 0 Å². The molecule has 1 aromatic heterocycles. The maximum absolute atomic E-state index is 5.18. The lowest BCUT2D eigenvalue weighted by Gasteiger charge is -2.39. The second-order valence-electron chi connectivity index (χ2n) is 15.0. The van der Waals surface area contributed by atoms with Crippen molar-refractivity contribution in [2.24, 2.45) is 5.92 Å². The number of hydrogen-bond donors (Lipinski definition) is 1. The van der Waals surface area contributed by atoms with E-state index >= 15 is 0 Å². The summed E-state index contributed by atoms with van der Waals surface area (Å²) in [7, 11) is 0. The minimum absolute atomic E-state index is 0.140. The Hall–Kier alpha value is -6.77. The number of nitrogens with one attached hydrogen (secondary N) is 1. The van der Waals surface area contributed by atoms with E-state index in [0.29, 0.717) is 0 Å². The summed E-state index contributed by atoms with van der Waals surface area (Å²) in [6.07, 6.45) is 11.8. The van der Waals surface area contributed by atoms with Crippen molar-refractivity contribution in [1.82, 2.24) is 4.98 Å². The Bertz CT molecular complexity index is 2810. The summed E-state index contributed by atoms with van der Waals surface area (Å²) < 4.78 is 0. The predicted octanol–water partition coefficient (Wildman–Crippen LogP) is 12.9. The van der Waals surface area contributed by atoms with E-state index in [9.17, 15) is 0 Å². The van der Waals surface area contributed by atoms with Crippen LogP contribution >= 0.6 is 0 Å². The van der Waals surface area contributed by atoms with E-state index in [0.717, 1.165) is 34.4 Å². The van der Waals surface area contributed by atoms with Crippen molar-refractivity contribution >= 4 is 39.0 Å². The molecule has 0 spiro atoms. The minimum atomic E-state index is -0.413. The van der Waals surface area contributed by atoms with Gasteiger partial charge in [-0.15, -0.1) is 0 Å². The molecule has 0 fully saturated rings. The molecular weight excluding hydrogens is 665 g/mol. The third kappa shape index (κ3) is 4.91. The van der Waals surface area contributed by atoms with Crippen LogP contribution in [0.25, 0.3) is 55.7 Å². The van der Waals surface area contributed by atoms with E-state index in [1.807, 2.05) is 0 Å². The zero-order valence-electron chi connectivity index (χ0n) is 30.4. The fraction of sp³-hybridized carbons (Fsp3) is 0.0755. The maximum Gasteiger partial charge on any atom is 0.0947 e. The molecule has 2 nitrogen and oxygen atoms in total. The first kappa shape index (κ1) is 31.7. The van der Waals surface area contributed by atoms with Crippen LogP contribution in [-0.2, 0) is 5.41 Å². The largest absolute Gasteiger partial charge is 0.379 e. The molecule has 0 amide bonds. The highest BCUT2D eigenvalue weighted by Gasteiger charge is 2.54. The van der Waals surface area contributed by atoms with Crippen molar-refractivity contribution in [2.45, 2.75) is 11.3 Å². The Kier molecular flexibility index (Phi) is 7.31. The molecule has 11 rings (SSSR count). The molecule has 3 aliphatic rings. The second-order valence-corrected chi connectivity index (χ2v) is 15.0. The van der Waals surface area contributed by atoms with Crippen LogP contribution in [-0.4, -0.2) is 11.5 Å². The summed E-state index contributed by atoms with van der Waals surface area (Å²) in [6, 6.07) is 62.7. The van der Waals surface area contributed by atoms with Crippen LogP contribution in [0.2, 0.25) is 0 Å². The quantitative estimate of drug-likeness (QED) is 0.193. The van der Waals surface area contributed by atoms with Gasteiger partial charge in [-0.25, -0.2) is 4.98 Å². The fourth-order valence-electron chi connectivity index (χ4n) is 9.81. The molecule has 0 saturated carbocycles. The van der Waals surface area contributed by atoms with Crippen LogP contribution < -0.4 is 5.32 Å². The van der Waals surface area contributed by atoms with Crippen LogP contribution in [0.15, 0.2) is 194 Å². The zero-order chi connectivity index (χ0) is 36.3. The van der Waals surface area contributed by atoms with Gasteiger partial charge in [0, 0.05) is 29.3 Å². The summed E-state index contributed by atoms with van der Waals surface area (Å²) in [5.74, 6) is 0.315. The molecule has 1 N–H and O–H groups in total. The van der Waals surface area contributed by atoms with Crippen molar-refractivity contribution in [1.29, 1.82) is 0 Å². The Morgan fingerprint density at radius 3 is 2.02 bits per heavy atom. The third-order valence-electron chi connectivity index (χ3n) is 12.2. The van der Waals surface area contributed by atoms with Gasteiger partial charge in [-0.05, 0) is 73.0 Å². The molecule has 2 atom stereocenters. The number of anilines is 1. The highest BCUT2D eigenvalue weighted by Crippen LogP contribution is 2.63. The fourth-order valence-corrected chi connectivity index (χ4v) is 9.81. The van der Waals surface area contributed by atoms with Crippen LogP contribution in [0.5, 0.6) is 0 Å². The van der Waals surface area contributed by atoms with Crippen molar-refractivity contribution in [3.8, 4) is 22.4 Å². The van der Waals surface area contributed by atoms with E-state index in [4.69, 9.17) is 4.98 Å². The summed E-state index contributed by atoms with van der Waals surface area (Å²) in [5.41, 5.74) is 15.5. The zero-order valence-corrected chi connectivity index (χ0v) is 30.4. The first-order valence-electron chi connectivity index (χ1n) is 19.3. The molecule has 260 valence electrons. The Balaban J connectivity index is 1.09. The second kappa shape index (κ2) is 12.7. The standard InChI is InChI=1S/C53H38N2/c1-4-13-37(14-5-1)49-44-21-11-10-15-41(44)34-47-50(49)45-30-28-40(33-46(45)53(47,42-17-6-2-7-18-42)43-19-8-3-9-20-43)35-22-24-36(25-23-35)48-31-29-39-27-26-38-16-12-32-54-51(38)52(39)55-48/h1-31,33-34,45-46,54H,32H2. The van der Waals surface area contributed by atoms with Gasteiger partial charge in [0.15, 0.2) is 0 Å². The highest BCUT2D eigenvalue weighted by molar-refractivity contribution is 6.01. The summed E-state index contributed by atoms with van der Waals surface area (Å²) in [4.78, 5) is 5.18. The molecule has 2 aliphatic carbocycles. The van der Waals surface area contributed by atoms with Crippen molar-refractivity contribution in [2.75, 3.05) is 11.9 Å². The van der Waals surface area contributed by atoms with Crippen molar-refractivity contribution < 1.29 is 0 Å². The van der Waals surface area contributed by atoms with E-state index in [1.165, 1.54) is 60.9 Å². The lowest BCUT2D eigenvalue weighted by atomic mass is 9.62. The topological polar surface area (TPSA) is 24.9 Å². The number of nitrogens with zero attached hydrogens (tertiary/aromatic N) is 1. The van der Waals surface area contributed by atoms with Crippen LogP contribution in [0, 0.1) is 5.92 Å². The molecule has 0 bridgehead atoms. The monoisotopic (exact) mass is 702 g/mol. The minimum Gasteiger partial charge on any atom is -0.379 e. The van der Waals surface area contributed by atoms with E-state index in [-0.39, 0.29) is 11.8 Å². The molecule has 2 heteroatoms. The third-order valence-corrected chi connectivity index (χ3v) is 12.2. The van der Waals surface area contributed by atoms with Gasteiger partial charge in [0.05, 0.1) is 22.3 Å². The summed E-state index contributed by atoms with van der Waals surface area (Å²) in [5, 5.41) is 7.27. The predicted molar refractivity (Wildman–Crippen MR) is 230 cm³/mol. The van der Waals surface area contributed by atoms with Crippen LogP contribution in [0.4, 0.5) is 5.69 Å². The molecule has 8 aromatic rings. The molecule has 1 aliphatic heterocycles. The molecular formula is C53H38N2. The summed E-state index contributed by atoms with van der Waals surface area (Å²) in [6.45, 7) is 0.822. The normalized spacial score (nSPS) is 17.6. The van der Waals surface area contributed by atoms with Crippen molar-refractivity contribution in [3.63, 3.8) is 0 Å². The van der Waals surface area contributed by atoms with Gasteiger partial charge in [0.1, 0.15) is 0 Å². The number of hydrogen-bond acceptors (Lipinski definition) is 2. The smallest absolute Gasteiger partial charge is 0.0947 e. The maximum atomic E-state index is 5.18. The van der Waals surface area contributed by atoms with E-state index < -0.39 is 5.41 Å². The van der Waals surface area contributed by atoms with Gasteiger partial charge < -0.3 is 5.32 Å². The van der Waals surface area contributed by atoms with Crippen molar-refractivity contribution in [3.05, 3.63) is 228 Å². The number of rotatable bonds is 5. The molecule has 7 aromatic carbocycles. The van der Waals surface area contributed by atoms with Gasteiger partial charge in [0.25, 0.3) is 0 Å². The number of fused-ring (bicyclic) bond motifs is 7. The first-order valence-corrected chi connectivity index (χ1v) is 19.3. The number of aromatic nitrogens is 1. The number of pyridine rings is 1. The lowest BCUT2D eigenvalue weighted by molar-refractivity contribution is 0.458. The van der Waals surface area contributed by atoms with Crippen LogP contribution in [0.3, 0.4) is 0 Å². The Morgan fingerprint density at radius 1 is 0.582 bits per heavy atom. The molecule has 2 unspecified atom stereocenters. The molecule has 0 saturated heterocycles. The van der Waals surface area contributed by atoms with E-state index in [2.05, 4.69) is 206 Å². The molecule has 2 heterocycles. The number of benzene rings is 7. The summed E-state index contributed by atoms with van der Waals surface area (Å²) >= 11 is 0. The van der Waals surface area contributed by atoms with E-state index in [1.54, 1.807) is 0 Å². The highest BCUT2D eigenvalue weighted by atomic mass is 14.9. The van der Waals surface area contributed by atoms with Gasteiger partial charge in [-0.1, -0.05) is 188 Å². The average Bonchev–Trinajstić information content (AvgIpc) is 3.56. The molecule has 55 heavy (non-hydrogen) atoms. The average molecular weight is 703 g/mol. The number of allylic oxidation sites excluding steroid dienone is 4. The van der Waals surface area contributed by atoms with Gasteiger partial charge >= 0.3 is 0 Å². The first-order chi connectivity index (χ1) is 27.3. The van der Waals surface area contributed by atoms with Gasteiger partial charge in [-0.2, -0.15) is 0 Å². The molecule has 0 radical (unpaired) electrons. The Morgan fingerprint density at radius 2 is 1.25 bits per heavy atom. The van der Waals surface area contributed by atoms with Crippen LogP contribution in [0.1, 0.15) is 39.3 Å².